The summed E-state index contributed by atoms with van der Waals surface area (Å²) in [4.78, 5) is 0. The van der Waals surface area contributed by atoms with E-state index in [4.69, 9.17) is 0 Å². The Bertz CT molecular complexity index is 628. The van der Waals surface area contributed by atoms with E-state index in [0.29, 0.717) is 10.8 Å². The predicted molar refractivity (Wildman–Crippen MR) is 114 cm³/mol. The van der Waals surface area contributed by atoms with Crippen LogP contribution in [0.5, 0.6) is 0 Å². The minimum Gasteiger partial charge on any atom is -0.0645 e. The molecule has 140 valence electrons. The molecule has 0 fully saturated rings. The highest BCUT2D eigenvalue weighted by Gasteiger charge is 2.53. The van der Waals surface area contributed by atoms with E-state index in [1.165, 1.54) is 43.0 Å². The number of benzene rings is 1. The molecule has 0 radical (unpaired) electrons. The van der Waals surface area contributed by atoms with Crippen molar-refractivity contribution in [3.8, 4) is 0 Å². The zero-order valence-corrected chi connectivity index (χ0v) is 19.3. The number of rotatable bonds is 4. The molecule has 0 saturated heterocycles. The zero-order valence-electron chi connectivity index (χ0n) is 17.7. The quantitative estimate of drug-likeness (QED) is 0.477. The first-order chi connectivity index (χ1) is 11.5. The lowest BCUT2D eigenvalue weighted by Gasteiger charge is -2.34. The van der Waals surface area contributed by atoms with Crippen LogP contribution in [0.2, 0.25) is 0 Å². The molecule has 1 aromatic rings. The summed E-state index contributed by atoms with van der Waals surface area (Å²) >= 11 is 4.20. The third kappa shape index (κ3) is 2.43. The van der Waals surface area contributed by atoms with E-state index in [0.717, 1.165) is 0 Å². The van der Waals surface area contributed by atoms with Gasteiger partial charge < -0.3 is 0 Å². The van der Waals surface area contributed by atoms with Crippen LogP contribution in [0.15, 0.2) is 10.5 Å². The fourth-order valence-electron chi connectivity index (χ4n) is 6.52. The lowest BCUT2D eigenvalue weighted by atomic mass is 9.72. The molecule has 1 aromatic carbocycles. The fourth-order valence-corrected chi connectivity index (χ4v) is 7.79. The van der Waals surface area contributed by atoms with E-state index < -0.39 is 0 Å². The Morgan fingerprint density at radius 3 is 1.32 bits per heavy atom. The zero-order chi connectivity index (χ0) is 18.8. The van der Waals surface area contributed by atoms with Crippen molar-refractivity contribution in [3.05, 3.63) is 32.8 Å². The summed E-state index contributed by atoms with van der Waals surface area (Å²) in [6, 6.07) is 2.63. The van der Waals surface area contributed by atoms with Crippen LogP contribution in [0, 0.1) is 0 Å². The summed E-state index contributed by atoms with van der Waals surface area (Å²) in [5.74, 6) is 0. The van der Waals surface area contributed by atoms with E-state index in [9.17, 15) is 0 Å². The molecule has 1 heteroatoms. The van der Waals surface area contributed by atoms with Crippen LogP contribution in [-0.4, -0.2) is 0 Å². The average Bonchev–Trinajstić information content (AvgIpc) is 2.95. The molecule has 25 heavy (non-hydrogen) atoms. The van der Waals surface area contributed by atoms with E-state index in [1.807, 2.05) is 0 Å². The van der Waals surface area contributed by atoms with Gasteiger partial charge in [0, 0.05) is 4.47 Å². The van der Waals surface area contributed by atoms with Gasteiger partial charge in [0.25, 0.3) is 0 Å². The first-order valence-electron chi connectivity index (χ1n) is 10.4. The molecule has 0 saturated carbocycles. The third-order valence-corrected chi connectivity index (χ3v) is 8.85. The molecule has 0 aromatic heterocycles. The van der Waals surface area contributed by atoms with E-state index in [1.54, 1.807) is 22.3 Å². The molecule has 0 atom stereocenters. The van der Waals surface area contributed by atoms with Crippen molar-refractivity contribution in [2.75, 3.05) is 0 Å². The van der Waals surface area contributed by atoms with Gasteiger partial charge in [-0.15, -0.1) is 0 Å². The number of fused-ring (bicyclic) bond motifs is 2. The Kier molecular flexibility index (Phi) is 4.55. The molecule has 0 bridgehead atoms. The Labute approximate surface area is 164 Å². The molecule has 0 N–H and O–H groups in total. The van der Waals surface area contributed by atoms with Gasteiger partial charge in [0.05, 0.1) is 0 Å². The second kappa shape index (κ2) is 5.85. The van der Waals surface area contributed by atoms with Gasteiger partial charge in [-0.1, -0.05) is 77.4 Å². The van der Waals surface area contributed by atoms with Crippen molar-refractivity contribution < 1.29 is 0 Å². The highest BCUT2D eigenvalue weighted by Crippen LogP contribution is 2.62. The van der Waals surface area contributed by atoms with Gasteiger partial charge in [-0.05, 0) is 82.4 Å². The van der Waals surface area contributed by atoms with Gasteiger partial charge in [-0.25, -0.2) is 0 Å². The normalized spacial score (nSPS) is 24.2. The minimum atomic E-state index is 0.276. The van der Waals surface area contributed by atoms with E-state index in [2.05, 4.69) is 77.4 Å². The number of hydrogen-bond acceptors (Lipinski definition) is 0. The summed E-state index contributed by atoms with van der Waals surface area (Å²) in [5.41, 5.74) is 7.79. The minimum absolute atomic E-state index is 0.276. The summed E-state index contributed by atoms with van der Waals surface area (Å²) in [6.07, 6.45) is 7.54. The summed E-state index contributed by atoms with van der Waals surface area (Å²) in [6.45, 7) is 19.4. The van der Waals surface area contributed by atoms with Gasteiger partial charge in [-0.2, -0.15) is 0 Å². The monoisotopic (exact) mass is 404 g/mol. The van der Waals surface area contributed by atoms with Gasteiger partial charge >= 0.3 is 0 Å². The highest BCUT2D eigenvalue weighted by atomic mass is 79.9. The maximum absolute atomic E-state index is 4.20. The lowest BCUT2D eigenvalue weighted by Crippen LogP contribution is -2.26. The van der Waals surface area contributed by atoms with Gasteiger partial charge in [0.2, 0.25) is 0 Å². The fraction of sp³-hybridized carbons (Fsp3) is 0.750. The SMILES string of the molecule is CCC1(CC)CC(C)(C)c2cc3c(c(Br)c21)C(CC)(CC)CC3(C)C. The van der Waals surface area contributed by atoms with Gasteiger partial charge in [0.1, 0.15) is 0 Å². The number of hydrogen-bond donors (Lipinski definition) is 0. The highest BCUT2D eigenvalue weighted by molar-refractivity contribution is 9.10. The molecule has 2 aliphatic rings. The van der Waals surface area contributed by atoms with E-state index in [-0.39, 0.29) is 10.8 Å². The molecule has 0 nitrogen and oxygen atoms in total. The van der Waals surface area contributed by atoms with Crippen LogP contribution in [-0.2, 0) is 21.7 Å². The van der Waals surface area contributed by atoms with E-state index >= 15 is 0 Å². The average molecular weight is 405 g/mol. The van der Waals surface area contributed by atoms with Crippen molar-refractivity contribution in [3.63, 3.8) is 0 Å². The van der Waals surface area contributed by atoms with Crippen LogP contribution in [0.4, 0.5) is 0 Å². The summed E-state index contributed by atoms with van der Waals surface area (Å²) in [7, 11) is 0. The van der Waals surface area contributed by atoms with Crippen LogP contribution >= 0.6 is 15.9 Å². The summed E-state index contributed by atoms with van der Waals surface area (Å²) < 4.78 is 1.48. The van der Waals surface area contributed by atoms with Crippen LogP contribution < -0.4 is 0 Å². The molecule has 2 aliphatic carbocycles. The predicted octanol–water partition coefficient (Wildman–Crippen LogP) is 7.93. The molecular weight excluding hydrogens is 368 g/mol. The topological polar surface area (TPSA) is 0 Å². The number of halogens is 1. The van der Waals surface area contributed by atoms with Crippen LogP contribution in [0.1, 0.15) is 116 Å². The molecule has 0 heterocycles. The molecule has 0 spiro atoms. The van der Waals surface area contributed by atoms with Crippen molar-refractivity contribution >= 4 is 15.9 Å². The first-order valence-corrected chi connectivity index (χ1v) is 11.2. The van der Waals surface area contributed by atoms with Gasteiger partial charge in [0.15, 0.2) is 0 Å². The molecule has 0 amide bonds. The van der Waals surface area contributed by atoms with Crippen molar-refractivity contribution in [2.24, 2.45) is 0 Å². The molecule has 0 aliphatic heterocycles. The van der Waals surface area contributed by atoms with Gasteiger partial charge in [-0.3, -0.25) is 0 Å². The van der Waals surface area contributed by atoms with Crippen LogP contribution in [0.25, 0.3) is 0 Å². The van der Waals surface area contributed by atoms with Crippen molar-refractivity contribution in [2.45, 2.75) is 116 Å². The molecule has 3 rings (SSSR count). The Morgan fingerprint density at radius 1 is 0.720 bits per heavy atom. The standard InChI is InChI=1S/C24H37Br/c1-9-23(10-2)14-21(5,6)16-13-17-19(20(25)18(16)23)24(11-3,12-4)15-22(17,7)8/h13H,9-12,14-15H2,1-8H3. The first kappa shape index (κ1) is 19.5. The largest absolute Gasteiger partial charge is 0.0645 e. The maximum atomic E-state index is 4.20. The second-order valence-electron chi connectivity index (χ2n) is 10.1. The van der Waals surface area contributed by atoms with Crippen molar-refractivity contribution in [1.29, 1.82) is 0 Å². The Morgan fingerprint density at radius 2 is 1.04 bits per heavy atom. The second-order valence-corrected chi connectivity index (χ2v) is 10.9. The third-order valence-electron chi connectivity index (χ3n) is 8.05. The van der Waals surface area contributed by atoms with Crippen molar-refractivity contribution in [1.82, 2.24) is 0 Å². The molecule has 0 unspecified atom stereocenters. The Balaban J connectivity index is 2.41. The Hall–Kier alpha value is -0.300. The summed E-state index contributed by atoms with van der Waals surface area (Å²) in [5, 5.41) is 0. The maximum Gasteiger partial charge on any atom is 0.0256 e. The van der Waals surface area contributed by atoms with Crippen LogP contribution in [0.3, 0.4) is 0 Å². The lowest BCUT2D eigenvalue weighted by molar-refractivity contribution is 0.320. The molecular formula is C24H37Br. The smallest absolute Gasteiger partial charge is 0.0256 e.